The van der Waals surface area contributed by atoms with E-state index in [1.54, 1.807) is 73.7 Å². The van der Waals surface area contributed by atoms with E-state index in [1.165, 1.54) is 6.07 Å². The van der Waals surface area contributed by atoms with Crippen molar-refractivity contribution in [1.29, 1.82) is 0 Å². The van der Waals surface area contributed by atoms with Crippen LogP contribution in [0.2, 0.25) is 5.02 Å². The summed E-state index contributed by atoms with van der Waals surface area (Å²) in [4.78, 5) is 37.5. The topological polar surface area (TPSA) is 72.5 Å². The highest BCUT2D eigenvalue weighted by atomic mass is 35.5. The first-order chi connectivity index (χ1) is 14.5. The van der Waals surface area contributed by atoms with E-state index in [9.17, 15) is 14.4 Å². The van der Waals surface area contributed by atoms with Crippen molar-refractivity contribution in [3.05, 3.63) is 101 Å². The lowest BCUT2D eigenvalue weighted by molar-refractivity contribution is 0.0277. The Morgan fingerprint density at radius 3 is 2.20 bits per heavy atom. The van der Waals surface area contributed by atoms with Gasteiger partial charge < -0.3 is 10.1 Å². The molecule has 0 saturated carbocycles. The van der Waals surface area contributed by atoms with E-state index in [1.807, 2.05) is 6.07 Å². The zero-order valence-electron chi connectivity index (χ0n) is 16.3. The summed E-state index contributed by atoms with van der Waals surface area (Å²) >= 11 is 5.84. The lowest BCUT2D eigenvalue weighted by atomic mass is 10.0. The number of ether oxygens (including phenoxy) is 1. The fraction of sp³-hybridized carbons (Fsp3) is 0.125. The minimum atomic E-state index is -0.882. The largest absolute Gasteiger partial charge is 0.450 e. The van der Waals surface area contributed by atoms with E-state index in [2.05, 4.69) is 5.32 Å². The highest BCUT2D eigenvalue weighted by Gasteiger charge is 2.23. The van der Waals surface area contributed by atoms with Gasteiger partial charge in [0.05, 0.1) is 5.56 Å². The Morgan fingerprint density at radius 1 is 0.867 bits per heavy atom. The quantitative estimate of drug-likeness (QED) is 0.409. The van der Waals surface area contributed by atoms with E-state index in [4.69, 9.17) is 16.3 Å². The van der Waals surface area contributed by atoms with E-state index in [-0.39, 0.29) is 17.3 Å². The second kappa shape index (κ2) is 9.85. The Morgan fingerprint density at radius 2 is 1.53 bits per heavy atom. The van der Waals surface area contributed by atoms with Crippen LogP contribution in [0.25, 0.3) is 0 Å². The number of anilines is 1. The highest BCUT2D eigenvalue weighted by molar-refractivity contribution is 6.30. The van der Waals surface area contributed by atoms with E-state index < -0.39 is 12.1 Å². The summed E-state index contributed by atoms with van der Waals surface area (Å²) in [6.07, 6.45) is -0.529. The third-order valence-corrected chi connectivity index (χ3v) is 4.69. The van der Waals surface area contributed by atoms with Crippen molar-refractivity contribution in [2.24, 2.45) is 0 Å². The maximum atomic E-state index is 12.6. The molecule has 5 nitrogen and oxygen atoms in total. The molecular formula is C24H20ClNO4. The summed E-state index contributed by atoms with van der Waals surface area (Å²) in [6, 6.07) is 21.5. The maximum absolute atomic E-state index is 12.6. The summed E-state index contributed by atoms with van der Waals surface area (Å²) in [7, 11) is 0. The molecule has 1 atom stereocenters. The Labute approximate surface area is 179 Å². The van der Waals surface area contributed by atoms with Gasteiger partial charge in [-0.05, 0) is 48.9 Å². The summed E-state index contributed by atoms with van der Waals surface area (Å²) in [6.45, 7) is 1.78. The molecule has 0 aliphatic heterocycles. The first-order valence-electron chi connectivity index (χ1n) is 9.45. The molecule has 152 valence electrons. The van der Waals surface area contributed by atoms with Crippen LogP contribution < -0.4 is 5.32 Å². The van der Waals surface area contributed by atoms with Crippen LogP contribution in [-0.4, -0.2) is 23.8 Å². The molecule has 3 rings (SSSR count). The van der Waals surface area contributed by atoms with Gasteiger partial charge in [-0.3, -0.25) is 9.59 Å². The zero-order chi connectivity index (χ0) is 21.5. The van der Waals surface area contributed by atoms with Gasteiger partial charge >= 0.3 is 5.97 Å². The minimum absolute atomic E-state index is 0.239. The normalized spacial score (nSPS) is 11.4. The van der Waals surface area contributed by atoms with Crippen LogP contribution in [0, 0.1) is 0 Å². The van der Waals surface area contributed by atoms with Crippen molar-refractivity contribution in [3.8, 4) is 0 Å². The number of esters is 1. The number of hydrogen-bond acceptors (Lipinski definition) is 4. The number of nitrogens with one attached hydrogen (secondary N) is 1. The highest BCUT2D eigenvalue weighted by Crippen LogP contribution is 2.17. The molecule has 0 heterocycles. The van der Waals surface area contributed by atoms with Crippen molar-refractivity contribution in [3.63, 3.8) is 0 Å². The fourth-order valence-corrected chi connectivity index (χ4v) is 2.96. The minimum Gasteiger partial charge on any atom is -0.450 e. The third-order valence-electron chi connectivity index (χ3n) is 4.43. The number of carbonyl (C=O) groups excluding carboxylic acids is 3. The van der Waals surface area contributed by atoms with E-state index in [0.717, 1.165) is 0 Å². The number of hydrogen-bond donors (Lipinski definition) is 1. The van der Waals surface area contributed by atoms with Crippen molar-refractivity contribution in [2.75, 3.05) is 5.32 Å². The Bertz CT molecular complexity index is 1050. The molecule has 1 N–H and O–H groups in total. The summed E-state index contributed by atoms with van der Waals surface area (Å²) < 4.78 is 5.44. The molecule has 0 bridgehead atoms. The molecule has 0 saturated heterocycles. The standard InChI is InChI=1S/C24H20ClNO4/c1-2-21(22(27)16-7-4-3-5-8-16)30-24(29)18-9-6-10-20(15-18)26-23(28)17-11-13-19(25)14-12-17/h3-15,21H,2H2,1H3,(H,26,28). The Balaban J connectivity index is 1.69. The number of Topliss-reactive ketones (excluding diaryl/α,β-unsaturated/α-hetero) is 1. The predicted molar refractivity (Wildman–Crippen MR) is 116 cm³/mol. The van der Waals surface area contributed by atoms with Crippen LogP contribution in [0.1, 0.15) is 44.4 Å². The molecule has 30 heavy (non-hydrogen) atoms. The van der Waals surface area contributed by atoms with Crippen molar-refractivity contribution >= 4 is 34.9 Å². The van der Waals surface area contributed by atoms with E-state index >= 15 is 0 Å². The summed E-state index contributed by atoms with van der Waals surface area (Å²) in [5, 5.41) is 3.27. The first-order valence-corrected chi connectivity index (χ1v) is 9.83. The van der Waals surface area contributed by atoms with Gasteiger partial charge in [0.1, 0.15) is 0 Å². The smallest absolute Gasteiger partial charge is 0.338 e. The average molecular weight is 422 g/mol. The second-order valence-electron chi connectivity index (χ2n) is 6.57. The number of ketones is 1. The van der Waals surface area contributed by atoms with Gasteiger partial charge in [-0.2, -0.15) is 0 Å². The fourth-order valence-electron chi connectivity index (χ4n) is 2.84. The second-order valence-corrected chi connectivity index (χ2v) is 7.01. The van der Waals surface area contributed by atoms with Gasteiger partial charge in [0, 0.05) is 21.8 Å². The maximum Gasteiger partial charge on any atom is 0.338 e. The molecule has 0 fully saturated rings. The molecule has 3 aromatic rings. The molecular weight excluding hydrogens is 402 g/mol. The number of benzene rings is 3. The van der Waals surface area contributed by atoms with Crippen molar-refractivity contribution in [2.45, 2.75) is 19.4 Å². The molecule has 3 aromatic carbocycles. The molecule has 1 unspecified atom stereocenters. The summed E-state index contributed by atoms with van der Waals surface area (Å²) in [5.41, 5.74) is 1.60. The third kappa shape index (κ3) is 5.33. The van der Waals surface area contributed by atoms with Crippen molar-refractivity contribution in [1.82, 2.24) is 0 Å². The summed E-state index contributed by atoms with van der Waals surface area (Å²) in [5.74, 6) is -1.21. The molecule has 1 amide bonds. The first kappa shape index (κ1) is 21.3. The number of rotatable bonds is 7. The van der Waals surface area contributed by atoms with Gasteiger partial charge in [0.25, 0.3) is 5.91 Å². The zero-order valence-corrected chi connectivity index (χ0v) is 17.1. The molecule has 0 aliphatic carbocycles. The molecule has 0 spiro atoms. The van der Waals surface area contributed by atoms with Crippen LogP contribution in [-0.2, 0) is 4.74 Å². The van der Waals surface area contributed by atoms with Crippen LogP contribution >= 0.6 is 11.6 Å². The van der Waals surface area contributed by atoms with Gasteiger partial charge in [-0.15, -0.1) is 0 Å². The van der Waals surface area contributed by atoms with E-state index in [0.29, 0.717) is 28.3 Å². The van der Waals surface area contributed by atoms with Gasteiger partial charge in [0.15, 0.2) is 6.10 Å². The average Bonchev–Trinajstić information content (AvgIpc) is 2.78. The van der Waals surface area contributed by atoms with Crippen LogP contribution in [0.4, 0.5) is 5.69 Å². The van der Waals surface area contributed by atoms with Crippen LogP contribution in [0.5, 0.6) is 0 Å². The Hall–Kier alpha value is -3.44. The predicted octanol–water partition coefficient (Wildman–Crippen LogP) is 5.41. The number of carbonyl (C=O) groups is 3. The van der Waals surface area contributed by atoms with Gasteiger partial charge in [-0.1, -0.05) is 54.9 Å². The van der Waals surface area contributed by atoms with Gasteiger partial charge in [-0.25, -0.2) is 4.79 Å². The Kier molecular flexibility index (Phi) is 6.99. The molecule has 0 aromatic heterocycles. The lowest BCUT2D eigenvalue weighted by Gasteiger charge is -2.15. The van der Waals surface area contributed by atoms with Crippen LogP contribution in [0.15, 0.2) is 78.9 Å². The SMILES string of the molecule is CCC(OC(=O)c1cccc(NC(=O)c2ccc(Cl)cc2)c1)C(=O)c1ccccc1. The molecule has 0 aliphatic rings. The van der Waals surface area contributed by atoms with Crippen molar-refractivity contribution < 1.29 is 19.1 Å². The lowest BCUT2D eigenvalue weighted by Crippen LogP contribution is -2.27. The number of halogens is 1. The number of amides is 1. The molecule has 6 heteroatoms. The monoisotopic (exact) mass is 421 g/mol. The molecule has 0 radical (unpaired) electrons. The van der Waals surface area contributed by atoms with Gasteiger partial charge in [0.2, 0.25) is 5.78 Å². The van der Waals surface area contributed by atoms with Crippen LogP contribution in [0.3, 0.4) is 0 Å².